The molecule has 0 saturated carbocycles. The molecule has 0 saturated heterocycles. The largest absolute Gasteiger partial charge is 0.327 e. The maximum atomic E-state index is 13.1. The maximum Gasteiger partial charge on any atom is 0.257 e. The summed E-state index contributed by atoms with van der Waals surface area (Å²) >= 11 is 1.36. The third-order valence-corrected chi connectivity index (χ3v) is 4.36. The molecule has 118 valence electrons. The molecule has 4 nitrogen and oxygen atoms in total. The molecule has 0 spiro atoms. The van der Waals surface area contributed by atoms with Crippen molar-refractivity contribution in [1.29, 1.82) is 0 Å². The Kier molecular flexibility index (Phi) is 5.10. The van der Waals surface area contributed by atoms with E-state index >= 15 is 0 Å². The van der Waals surface area contributed by atoms with E-state index in [9.17, 15) is 13.6 Å². The number of rotatable bonds is 2. The number of thiazole rings is 1. The van der Waals surface area contributed by atoms with Crippen LogP contribution in [-0.2, 0) is 12.8 Å². The van der Waals surface area contributed by atoms with Crippen molar-refractivity contribution < 1.29 is 13.6 Å². The lowest BCUT2D eigenvalue weighted by molar-refractivity contribution is 0.102. The molecule has 8 heteroatoms. The molecule has 0 unspecified atom stereocenters. The normalized spacial score (nSPS) is 16.6. The van der Waals surface area contributed by atoms with Gasteiger partial charge in [0.25, 0.3) is 5.91 Å². The van der Waals surface area contributed by atoms with Crippen molar-refractivity contribution in [3.63, 3.8) is 0 Å². The quantitative estimate of drug-likeness (QED) is 0.879. The lowest BCUT2D eigenvalue weighted by atomic mass is 9.99. The van der Waals surface area contributed by atoms with E-state index in [4.69, 9.17) is 5.73 Å². The SMILES string of the molecule is Cl.N[C@H]1CCc2nc(NC(=O)c3cc(F)cc(F)c3)sc2C1. The summed E-state index contributed by atoms with van der Waals surface area (Å²) in [6, 6.07) is 2.82. The molecule has 0 fully saturated rings. The minimum atomic E-state index is -0.787. The predicted molar refractivity (Wildman–Crippen MR) is 83.7 cm³/mol. The number of nitrogens with two attached hydrogens (primary N) is 1. The second-order valence-electron chi connectivity index (χ2n) is 5.00. The standard InChI is InChI=1S/C14H13F2N3OS.ClH/c15-8-3-7(4-9(16)5-8)13(20)19-14-18-11-2-1-10(17)6-12(11)21-14;/h3-5,10H,1-2,6,17H2,(H,18,19,20);1H/t10-;/m0./s1. The van der Waals surface area contributed by atoms with Crippen molar-refractivity contribution in [1.82, 2.24) is 4.98 Å². The van der Waals surface area contributed by atoms with Crippen LogP contribution in [0.15, 0.2) is 18.2 Å². The lowest BCUT2D eigenvalue weighted by Gasteiger charge is -2.15. The number of anilines is 1. The van der Waals surface area contributed by atoms with Crippen LogP contribution in [0, 0.1) is 11.6 Å². The van der Waals surface area contributed by atoms with Gasteiger partial charge < -0.3 is 5.73 Å². The zero-order valence-electron chi connectivity index (χ0n) is 11.4. The molecule has 1 aliphatic rings. The summed E-state index contributed by atoms with van der Waals surface area (Å²) in [6.45, 7) is 0. The monoisotopic (exact) mass is 345 g/mol. The fraction of sp³-hybridized carbons (Fsp3) is 0.286. The molecule has 0 aliphatic heterocycles. The number of carbonyl (C=O) groups excluding carboxylic acids is 1. The van der Waals surface area contributed by atoms with Crippen molar-refractivity contribution in [2.45, 2.75) is 25.3 Å². The summed E-state index contributed by atoms with van der Waals surface area (Å²) in [5.74, 6) is -2.15. The highest BCUT2D eigenvalue weighted by atomic mass is 35.5. The Morgan fingerprint density at radius 2 is 2.00 bits per heavy atom. The number of carbonyl (C=O) groups is 1. The maximum absolute atomic E-state index is 13.1. The first kappa shape index (κ1) is 16.8. The van der Waals surface area contributed by atoms with Crippen LogP contribution in [0.3, 0.4) is 0 Å². The molecule has 0 bridgehead atoms. The summed E-state index contributed by atoms with van der Waals surface area (Å²) in [7, 11) is 0. The summed E-state index contributed by atoms with van der Waals surface area (Å²) in [5, 5.41) is 3.01. The van der Waals surface area contributed by atoms with Crippen molar-refractivity contribution in [3.8, 4) is 0 Å². The Morgan fingerprint density at radius 1 is 1.32 bits per heavy atom. The molecular formula is C14H14ClF2N3OS. The molecule has 1 aromatic heterocycles. The number of amides is 1. The van der Waals surface area contributed by atoms with E-state index in [-0.39, 0.29) is 24.0 Å². The van der Waals surface area contributed by atoms with E-state index in [0.717, 1.165) is 48.0 Å². The number of hydrogen-bond donors (Lipinski definition) is 2. The van der Waals surface area contributed by atoms with E-state index in [1.807, 2.05) is 0 Å². The van der Waals surface area contributed by atoms with Gasteiger partial charge in [-0.15, -0.1) is 23.7 Å². The number of nitrogens with one attached hydrogen (secondary N) is 1. The van der Waals surface area contributed by atoms with Crippen LogP contribution in [0.1, 0.15) is 27.3 Å². The Hall–Kier alpha value is -1.57. The van der Waals surface area contributed by atoms with Gasteiger partial charge in [0.2, 0.25) is 0 Å². The van der Waals surface area contributed by atoms with Crippen LogP contribution in [0.25, 0.3) is 0 Å². The van der Waals surface area contributed by atoms with Crippen LogP contribution < -0.4 is 11.1 Å². The summed E-state index contributed by atoms with van der Waals surface area (Å²) < 4.78 is 26.2. The first-order chi connectivity index (χ1) is 10.0. The Bertz CT molecular complexity index is 687. The van der Waals surface area contributed by atoms with E-state index < -0.39 is 17.5 Å². The Labute approximate surface area is 136 Å². The van der Waals surface area contributed by atoms with Gasteiger partial charge in [0, 0.05) is 22.5 Å². The van der Waals surface area contributed by atoms with E-state index in [0.29, 0.717) is 5.13 Å². The highest BCUT2D eigenvalue weighted by molar-refractivity contribution is 7.15. The minimum Gasteiger partial charge on any atom is -0.327 e. The summed E-state index contributed by atoms with van der Waals surface area (Å²) in [5.41, 5.74) is 6.77. The molecular weight excluding hydrogens is 332 g/mol. The number of benzene rings is 1. The summed E-state index contributed by atoms with van der Waals surface area (Å²) in [4.78, 5) is 17.4. The Balaban J connectivity index is 0.00000176. The molecule has 22 heavy (non-hydrogen) atoms. The zero-order valence-corrected chi connectivity index (χ0v) is 13.1. The van der Waals surface area contributed by atoms with Crippen LogP contribution in [0.2, 0.25) is 0 Å². The van der Waals surface area contributed by atoms with Crippen LogP contribution >= 0.6 is 23.7 Å². The van der Waals surface area contributed by atoms with E-state index in [1.165, 1.54) is 11.3 Å². The fourth-order valence-electron chi connectivity index (χ4n) is 2.31. The molecule has 2 aromatic rings. The second kappa shape index (κ2) is 6.68. The smallest absolute Gasteiger partial charge is 0.257 e. The van der Waals surface area contributed by atoms with Gasteiger partial charge in [-0.3, -0.25) is 10.1 Å². The summed E-state index contributed by atoms with van der Waals surface area (Å²) in [6.07, 6.45) is 2.41. The van der Waals surface area contributed by atoms with Gasteiger partial charge >= 0.3 is 0 Å². The molecule has 1 aromatic carbocycles. The zero-order chi connectivity index (χ0) is 15.0. The number of halogens is 3. The first-order valence-corrected chi connectivity index (χ1v) is 7.34. The van der Waals surface area contributed by atoms with Crippen LogP contribution in [0.5, 0.6) is 0 Å². The van der Waals surface area contributed by atoms with Gasteiger partial charge in [-0.2, -0.15) is 0 Å². The van der Waals surface area contributed by atoms with Crippen molar-refractivity contribution in [2.75, 3.05) is 5.32 Å². The topological polar surface area (TPSA) is 68.0 Å². The minimum absolute atomic E-state index is 0. The number of aryl methyl sites for hydroxylation is 1. The Morgan fingerprint density at radius 3 is 2.68 bits per heavy atom. The van der Waals surface area contributed by atoms with Gasteiger partial charge in [-0.05, 0) is 31.4 Å². The highest BCUT2D eigenvalue weighted by Crippen LogP contribution is 2.29. The van der Waals surface area contributed by atoms with Gasteiger partial charge in [-0.1, -0.05) is 0 Å². The third kappa shape index (κ3) is 3.60. The number of nitrogens with zero attached hydrogens (tertiary/aromatic N) is 1. The number of hydrogen-bond acceptors (Lipinski definition) is 4. The van der Waals surface area contributed by atoms with E-state index in [2.05, 4.69) is 10.3 Å². The number of fused-ring (bicyclic) bond motifs is 1. The molecule has 0 radical (unpaired) electrons. The molecule has 1 aliphatic carbocycles. The predicted octanol–water partition coefficient (Wildman–Crippen LogP) is 2.91. The molecule has 3 N–H and O–H groups in total. The van der Waals surface area contributed by atoms with Crippen molar-refractivity contribution in [2.24, 2.45) is 5.73 Å². The van der Waals surface area contributed by atoms with Crippen LogP contribution in [-0.4, -0.2) is 16.9 Å². The molecule has 1 atom stereocenters. The van der Waals surface area contributed by atoms with Gasteiger partial charge in [-0.25, -0.2) is 13.8 Å². The second-order valence-corrected chi connectivity index (χ2v) is 6.09. The number of aromatic nitrogens is 1. The van der Waals surface area contributed by atoms with Crippen molar-refractivity contribution >= 4 is 34.8 Å². The fourth-order valence-corrected chi connectivity index (χ4v) is 3.40. The third-order valence-electron chi connectivity index (χ3n) is 3.32. The van der Waals surface area contributed by atoms with E-state index in [1.54, 1.807) is 0 Å². The average molecular weight is 346 g/mol. The van der Waals surface area contributed by atoms with Crippen molar-refractivity contribution in [3.05, 3.63) is 46.0 Å². The highest BCUT2D eigenvalue weighted by Gasteiger charge is 2.21. The average Bonchev–Trinajstić information content (AvgIpc) is 2.78. The van der Waals surface area contributed by atoms with Gasteiger partial charge in [0.05, 0.1) is 5.69 Å². The first-order valence-electron chi connectivity index (χ1n) is 6.53. The van der Waals surface area contributed by atoms with Crippen LogP contribution in [0.4, 0.5) is 13.9 Å². The lowest BCUT2D eigenvalue weighted by Crippen LogP contribution is -2.27. The van der Waals surface area contributed by atoms with Gasteiger partial charge in [0.1, 0.15) is 11.6 Å². The molecule has 1 amide bonds. The molecule has 3 rings (SSSR count). The molecule has 1 heterocycles. The van der Waals surface area contributed by atoms with Gasteiger partial charge in [0.15, 0.2) is 5.13 Å².